The number of carbonyl (C=O) groups is 1. The van der Waals surface area contributed by atoms with E-state index in [-0.39, 0.29) is 34.8 Å². The van der Waals surface area contributed by atoms with Gasteiger partial charge in [0.2, 0.25) is 0 Å². The number of thiazole rings is 1. The highest BCUT2D eigenvalue weighted by Crippen LogP contribution is 2.42. The molecule has 218 valence electrons. The van der Waals surface area contributed by atoms with Crippen molar-refractivity contribution in [3.05, 3.63) is 68.4 Å². The number of piperidine rings is 1. The molecular formula is C25H20ClF6N5O3S. The standard InChI is InChI=1S/C25H20ClF6N5O3S/c26-16-3-1-2-15(25(30,31)32)21(16)19-8-17(36-40-19)18-12-41-22(35-18)13-4-6-37(7-5-13)20(38)11-39-23-33-9-14(10-34-23)24(27,28)29/h1-3,9-10,12-13,19H,4-8,11H2. The van der Waals surface area contributed by atoms with Gasteiger partial charge in [-0.25, -0.2) is 15.0 Å². The third-order valence-corrected chi connectivity index (χ3v) is 7.98. The Hall–Kier alpha value is -3.46. The smallest absolute Gasteiger partial charge is 0.419 e. The molecule has 1 saturated heterocycles. The molecule has 0 saturated carbocycles. The van der Waals surface area contributed by atoms with Crippen molar-refractivity contribution in [3.8, 4) is 6.01 Å². The monoisotopic (exact) mass is 619 g/mol. The van der Waals surface area contributed by atoms with Gasteiger partial charge in [-0.15, -0.1) is 11.3 Å². The molecule has 2 aliphatic rings. The fraction of sp³-hybridized carbons (Fsp3) is 0.400. The molecule has 41 heavy (non-hydrogen) atoms. The van der Waals surface area contributed by atoms with Gasteiger partial charge in [0.25, 0.3) is 5.91 Å². The molecular weight excluding hydrogens is 600 g/mol. The van der Waals surface area contributed by atoms with E-state index in [1.54, 1.807) is 10.3 Å². The van der Waals surface area contributed by atoms with Crippen LogP contribution >= 0.6 is 22.9 Å². The van der Waals surface area contributed by atoms with Gasteiger partial charge in [-0.3, -0.25) is 4.79 Å². The molecule has 3 aromatic rings. The van der Waals surface area contributed by atoms with E-state index in [1.165, 1.54) is 23.5 Å². The minimum absolute atomic E-state index is 0.0519. The van der Waals surface area contributed by atoms with Gasteiger partial charge in [0.1, 0.15) is 5.71 Å². The maximum Gasteiger partial charge on any atom is 0.419 e. The number of ether oxygens (including phenoxy) is 1. The maximum atomic E-state index is 13.5. The van der Waals surface area contributed by atoms with E-state index in [1.807, 2.05) is 0 Å². The first-order chi connectivity index (χ1) is 19.4. The van der Waals surface area contributed by atoms with Crippen molar-refractivity contribution >= 4 is 34.6 Å². The number of rotatable bonds is 6. The van der Waals surface area contributed by atoms with Crippen LogP contribution in [-0.4, -0.2) is 51.2 Å². The molecule has 1 aromatic carbocycles. The molecule has 1 atom stereocenters. The zero-order valence-electron chi connectivity index (χ0n) is 20.9. The predicted octanol–water partition coefficient (Wildman–Crippen LogP) is 6.27. The van der Waals surface area contributed by atoms with E-state index < -0.39 is 36.2 Å². The summed E-state index contributed by atoms with van der Waals surface area (Å²) in [6.45, 7) is 0.406. The van der Waals surface area contributed by atoms with E-state index in [0.29, 0.717) is 49.7 Å². The van der Waals surface area contributed by atoms with E-state index in [2.05, 4.69) is 20.1 Å². The number of benzene rings is 1. The summed E-state index contributed by atoms with van der Waals surface area (Å²) < 4.78 is 83.6. The third kappa shape index (κ3) is 6.56. The summed E-state index contributed by atoms with van der Waals surface area (Å²) >= 11 is 7.49. The van der Waals surface area contributed by atoms with Crippen molar-refractivity contribution in [1.82, 2.24) is 19.9 Å². The van der Waals surface area contributed by atoms with Gasteiger partial charge < -0.3 is 14.5 Å². The molecule has 4 heterocycles. The second-order valence-electron chi connectivity index (χ2n) is 9.30. The second kappa shape index (κ2) is 11.4. The van der Waals surface area contributed by atoms with Crippen LogP contribution in [0.15, 0.2) is 41.1 Å². The van der Waals surface area contributed by atoms with Gasteiger partial charge in [0.05, 0.1) is 21.8 Å². The lowest BCUT2D eigenvalue weighted by atomic mass is 9.97. The topological polar surface area (TPSA) is 89.8 Å². The van der Waals surface area contributed by atoms with E-state index in [4.69, 9.17) is 21.2 Å². The van der Waals surface area contributed by atoms with Crippen molar-refractivity contribution in [3.63, 3.8) is 0 Å². The third-order valence-electron chi connectivity index (χ3n) is 6.64. The lowest BCUT2D eigenvalue weighted by molar-refractivity contribution is -0.139. The van der Waals surface area contributed by atoms with E-state index in [0.717, 1.165) is 11.1 Å². The highest BCUT2D eigenvalue weighted by molar-refractivity contribution is 7.10. The number of alkyl halides is 6. The first kappa shape index (κ1) is 29.0. The molecule has 0 N–H and O–H groups in total. The summed E-state index contributed by atoms with van der Waals surface area (Å²) in [5.41, 5.74) is -1.13. The minimum Gasteiger partial charge on any atom is -0.453 e. The normalized spacial score (nSPS) is 18.3. The number of halogens is 7. The Morgan fingerprint density at radius 1 is 1.10 bits per heavy atom. The van der Waals surface area contributed by atoms with Crippen molar-refractivity contribution in [1.29, 1.82) is 0 Å². The van der Waals surface area contributed by atoms with Crippen LogP contribution in [0.1, 0.15) is 58.7 Å². The number of hydrogen-bond donors (Lipinski definition) is 0. The Bertz CT molecular complexity index is 1440. The van der Waals surface area contributed by atoms with Gasteiger partial charge in [-0.05, 0) is 25.0 Å². The average Bonchev–Trinajstić information content (AvgIpc) is 3.61. The zero-order chi connectivity index (χ0) is 29.4. The van der Waals surface area contributed by atoms with Crippen LogP contribution in [0.25, 0.3) is 0 Å². The molecule has 1 amide bonds. The van der Waals surface area contributed by atoms with Gasteiger partial charge in [-0.2, -0.15) is 26.3 Å². The Morgan fingerprint density at radius 2 is 1.80 bits per heavy atom. The van der Waals surface area contributed by atoms with Crippen LogP contribution in [0.4, 0.5) is 26.3 Å². The lowest BCUT2D eigenvalue weighted by Gasteiger charge is -2.31. The number of hydrogen-bond acceptors (Lipinski definition) is 8. The molecule has 0 bridgehead atoms. The molecule has 5 rings (SSSR count). The van der Waals surface area contributed by atoms with E-state index in [9.17, 15) is 31.1 Å². The summed E-state index contributed by atoms with van der Waals surface area (Å²) in [5, 5.41) is 6.51. The molecule has 2 aromatic heterocycles. The van der Waals surface area contributed by atoms with E-state index >= 15 is 0 Å². The molecule has 2 aliphatic heterocycles. The fourth-order valence-corrected chi connectivity index (χ4v) is 5.83. The van der Waals surface area contributed by atoms with Gasteiger partial charge in [-0.1, -0.05) is 22.8 Å². The summed E-state index contributed by atoms with van der Waals surface area (Å²) in [5.74, 6) is -0.302. The number of aromatic nitrogens is 3. The first-order valence-corrected chi connectivity index (χ1v) is 13.5. The maximum absolute atomic E-state index is 13.5. The summed E-state index contributed by atoms with van der Waals surface area (Å²) in [6, 6.07) is 3.23. The Labute approximate surface area is 238 Å². The first-order valence-electron chi connectivity index (χ1n) is 12.2. The molecule has 1 fully saturated rings. The highest BCUT2D eigenvalue weighted by Gasteiger charge is 2.39. The highest BCUT2D eigenvalue weighted by atomic mass is 35.5. The molecule has 0 spiro atoms. The van der Waals surface area contributed by atoms with Crippen LogP contribution < -0.4 is 4.74 Å². The number of oxime groups is 1. The lowest BCUT2D eigenvalue weighted by Crippen LogP contribution is -2.40. The van der Waals surface area contributed by atoms with Crippen molar-refractivity contribution < 1.29 is 40.7 Å². The Morgan fingerprint density at radius 3 is 2.46 bits per heavy atom. The molecule has 1 unspecified atom stereocenters. The quantitative estimate of drug-likeness (QED) is 0.302. The second-order valence-corrected chi connectivity index (χ2v) is 10.6. The van der Waals surface area contributed by atoms with Crippen molar-refractivity contribution in [2.75, 3.05) is 19.7 Å². The molecule has 0 aliphatic carbocycles. The van der Waals surface area contributed by atoms with Crippen LogP contribution in [-0.2, 0) is 22.0 Å². The van der Waals surface area contributed by atoms with Gasteiger partial charge >= 0.3 is 18.4 Å². The minimum atomic E-state index is -4.60. The largest absolute Gasteiger partial charge is 0.453 e. The molecule has 16 heteroatoms. The van der Waals surface area contributed by atoms with Crippen LogP contribution in [0.3, 0.4) is 0 Å². The van der Waals surface area contributed by atoms with Crippen molar-refractivity contribution in [2.24, 2.45) is 5.16 Å². The van der Waals surface area contributed by atoms with Crippen LogP contribution in [0, 0.1) is 0 Å². The number of carbonyl (C=O) groups excluding carboxylic acids is 1. The Kier molecular flexibility index (Phi) is 8.10. The van der Waals surface area contributed by atoms with Crippen LogP contribution in [0.2, 0.25) is 5.02 Å². The molecule has 8 nitrogen and oxygen atoms in total. The number of amides is 1. The molecule has 0 radical (unpaired) electrons. The van der Waals surface area contributed by atoms with Crippen molar-refractivity contribution in [2.45, 2.75) is 43.6 Å². The van der Waals surface area contributed by atoms with Gasteiger partial charge in [0.15, 0.2) is 12.7 Å². The number of nitrogens with zero attached hydrogens (tertiary/aromatic N) is 5. The zero-order valence-corrected chi connectivity index (χ0v) is 22.4. The van der Waals surface area contributed by atoms with Crippen LogP contribution in [0.5, 0.6) is 6.01 Å². The summed E-state index contributed by atoms with van der Waals surface area (Å²) in [6.07, 6.45) is -7.71. The predicted molar refractivity (Wildman–Crippen MR) is 135 cm³/mol. The summed E-state index contributed by atoms with van der Waals surface area (Å²) in [4.78, 5) is 31.0. The number of likely N-dealkylation sites (tertiary alicyclic amines) is 1. The Balaban J connectivity index is 1.14. The fourth-order valence-electron chi connectivity index (χ4n) is 4.53. The summed E-state index contributed by atoms with van der Waals surface area (Å²) in [7, 11) is 0. The SMILES string of the molecule is O=C(COc1ncc(C(F)(F)F)cn1)N1CCC(c2nc(C3=NOC(c4c(Cl)cccc4C(F)(F)F)C3)cs2)CC1. The van der Waals surface area contributed by atoms with Gasteiger partial charge in [0, 0.05) is 53.8 Å². The average molecular weight is 620 g/mol.